The number of rotatable bonds is 5. The van der Waals surface area contributed by atoms with Gasteiger partial charge in [-0.15, -0.1) is 0 Å². The number of benzene rings is 2. The van der Waals surface area contributed by atoms with Crippen LogP contribution in [-0.4, -0.2) is 45.3 Å². The number of amides is 1. The topological polar surface area (TPSA) is 69.1 Å². The molecule has 6 heteroatoms. The smallest absolute Gasteiger partial charge is 0.269 e. The number of nitrogens with two attached hydrogens (primary N) is 1. The molecule has 4 aromatic rings. The molecular formula is C26H27N5O. The van der Waals surface area contributed by atoms with E-state index in [1.165, 1.54) is 36.2 Å². The van der Waals surface area contributed by atoms with Gasteiger partial charge >= 0.3 is 0 Å². The molecule has 162 valence electrons. The highest BCUT2D eigenvalue weighted by Gasteiger charge is 2.59. The standard InChI is InChI=1S/C26H27N5O/c1-17-11-23(25(27)32)28-31(17)22-7-8-24-19(12-22)9-10-30(24)14-18-3-5-20(6-4-18)26-13-21(26)15-29(2)16-26/h3-12,21H,13-16H2,1-2H3,(H2,27,32)/t21-,26+/m1/s1. The van der Waals surface area contributed by atoms with Crippen molar-refractivity contribution in [1.29, 1.82) is 0 Å². The van der Waals surface area contributed by atoms with E-state index in [1.807, 2.05) is 13.0 Å². The van der Waals surface area contributed by atoms with Crippen molar-refractivity contribution >= 4 is 16.8 Å². The van der Waals surface area contributed by atoms with Crippen molar-refractivity contribution < 1.29 is 4.79 Å². The van der Waals surface area contributed by atoms with Crippen molar-refractivity contribution in [1.82, 2.24) is 19.2 Å². The maximum absolute atomic E-state index is 11.5. The van der Waals surface area contributed by atoms with Crippen LogP contribution in [-0.2, 0) is 12.0 Å². The number of aromatic nitrogens is 3. The van der Waals surface area contributed by atoms with E-state index in [-0.39, 0.29) is 5.69 Å². The van der Waals surface area contributed by atoms with E-state index in [2.05, 4.69) is 70.3 Å². The van der Waals surface area contributed by atoms with Crippen molar-refractivity contribution in [2.45, 2.75) is 25.3 Å². The first-order valence-electron chi connectivity index (χ1n) is 11.2. The fourth-order valence-electron chi connectivity index (χ4n) is 5.63. The van der Waals surface area contributed by atoms with E-state index in [9.17, 15) is 4.79 Å². The normalized spacial score (nSPS) is 22.4. The number of carbonyl (C=O) groups is 1. The monoisotopic (exact) mass is 425 g/mol. The Hall–Kier alpha value is -3.38. The average molecular weight is 426 g/mol. The second kappa shape index (κ2) is 6.81. The Morgan fingerprint density at radius 1 is 1.16 bits per heavy atom. The van der Waals surface area contributed by atoms with Crippen molar-refractivity contribution in [2.75, 3.05) is 20.1 Å². The van der Waals surface area contributed by atoms with E-state index in [1.54, 1.807) is 10.7 Å². The summed E-state index contributed by atoms with van der Waals surface area (Å²) in [5.41, 5.74) is 11.9. The van der Waals surface area contributed by atoms with Crippen LogP contribution in [0.15, 0.2) is 60.8 Å². The third-order valence-electron chi connectivity index (χ3n) is 7.34. The van der Waals surface area contributed by atoms with Gasteiger partial charge in [0, 0.05) is 47.8 Å². The predicted octanol–water partition coefficient (Wildman–Crippen LogP) is 3.49. The molecule has 32 heavy (non-hydrogen) atoms. The Labute approximate surface area is 187 Å². The third kappa shape index (κ3) is 2.98. The van der Waals surface area contributed by atoms with E-state index < -0.39 is 5.91 Å². The van der Waals surface area contributed by atoms with E-state index in [0.29, 0.717) is 5.41 Å². The lowest BCUT2D eigenvalue weighted by Crippen LogP contribution is -2.22. The number of hydrogen-bond donors (Lipinski definition) is 1. The second-order valence-electron chi connectivity index (χ2n) is 9.58. The first kappa shape index (κ1) is 19.3. The quantitative estimate of drug-likeness (QED) is 0.532. The molecule has 0 bridgehead atoms. The number of piperidine rings is 1. The molecule has 0 radical (unpaired) electrons. The summed E-state index contributed by atoms with van der Waals surface area (Å²) >= 11 is 0. The van der Waals surface area contributed by atoms with Crippen LogP contribution >= 0.6 is 0 Å². The Kier molecular flexibility index (Phi) is 4.11. The maximum Gasteiger partial charge on any atom is 0.269 e. The van der Waals surface area contributed by atoms with Gasteiger partial charge in [0.2, 0.25) is 0 Å². The van der Waals surface area contributed by atoms with Crippen LogP contribution in [0.25, 0.3) is 16.6 Å². The molecule has 2 aromatic heterocycles. The van der Waals surface area contributed by atoms with Crippen molar-refractivity contribution in [3.63, 3.8) is 0 Å². The van der Waals surface area contributed by atoms with Gasteiger partial charge in [-0.05, 0) is 67.8 Å². The van der Waals surface area contributed by atoms with Gasteiger partial charge in [0.15, 0.2) is 5.69 Å². The first-order chi connectivity index (χ1) is 15.4. The van der Waals surface area contributed by atoms with E-state index in [0.717, 1.165) is 29.2 Å². The molecule has 3 heterocycles. The van der Waals surface area contributed by atoms with Gasteiger partial charge in [-0.2, -0.15) is 5.10 Å². The van der Waals surface area contributed by atoms with Gasteiger partial charge in [0.25, 0.3) is 5.91 Å². The second-order valence-corrected chi connectivity index (χ2v) is 9.58. The molecule has 6 rings (SSSR count). The number of aryl methyl sites for hydroxylation is 1. The van der Waals surface area contributed by atoms with Gasteiger partial charge in [-0.3, -0.25) is 4.79 Å². The molecule has 1 saturated carbocycles. The SMILES string of the molecule is Cc1cc(C(N)=O)nn1-c1ccc2c(ccn2Cc2ccc([C@@]34C[C@@H]3CN(C)C4)cc2)c1. The Morgan fingerprint density at radius 3 is 2.66 bits per heavy atom. The summed E-state index contributed by atoms with van der Waals surface area (Å²) in [6, 6.07) is 19.4. The zero-order valence-electron chi connectivity index (χ0n) is 18.5. The number of hydrogen-bond acceptors (Lipinski definition) is 3. The highest BCUT2D eigenvalue weighted by molar-refractivity contribution is 5.91. The van der Waals surface area contributed by atoms with Crippen LogP contribution in [0.3, 0.4) is 0 Å². The summed E-state index contributed by atoms with van der Waals surface area (Å²) in [6.45, 7) is 5.19. The molecule has 6 nitrogen and oxygen atoms in total. The van der Waals surface area contributed by atoms with Crippen molar-refractivity contribution in [3.05, 3.63) is 83.3 Å². The van der Waals surface area contributed by atoms with Gasteiger partial charge in [0.05, 0.1) is 5.69 Å². The van der Waals surface area contributed by atoms with E-state index >= 15 is 0 Å². The van der Waals surface area contributed by atoms with Crippen LogP contribution in [0.2, 0.25) is 0 Å². The van der Waals surface area contributed by atoms with Crippen LogP contribution in [0, 0.1) is 12.8 Å². The molecule has 2 aromatic carbocycles. The molecule has 0 spiro atoms. The number of carbonyl (C=O) groups excluding carboxylic acids is 1. The number of fused-ring (bicyclic) bond motifs is 2. The lowest BCUT2D eigenvalue weighted by Gasteiger charge is -2.17. The fraction of sp³-hybridized carbons (Fsp3) is 0.308. The lowest BCUT2D eigenvalue weighted by molar-refractivity contribution is 0.0995. The molecular weight excluding hydrogens is 398 g/mol. The summed E-state index contributed by atoms with van der Waals surface area (Å²) in [5.74, 6) is 0.334. The van der Waals surface area contributed by atoms with Crippen molar-refractivity contribution in [3.8, 4) is 5.69 Å². The molecule has 1 amide bonds. The lowest BCUT2D eigenvalue weighted by atomic mass is 9.94. The molecule has 1 aliphatic heterocycles. The first-order valence-corrected chi connectivity index (χ1v) is 11.2. The molecule has 2 fully saturated rings. The summed E-state index contributed by atoms with van der Waals surface area (Å²) < 4.78 is 4.04. The predicted molar refractivity (Wildman–Crippen MR) is 125 cm³/mol. The third-order valence-corrected chi connectivity index (χ3v) is 7.34. The summed E-state index contributed by atoms with van der Waals surface area (Å²) in [7, 11) is 2.23. The number of likely N-dealkylation sites (N-methyl/N-ethyl adjacent to an activating group) is 1. The molecule has 2 aliphatic rings. The van der Waals surface area contributed by atoms with Gasteiger partial charge in [-0.1, -0.05) is 24.3 Å². The van der Waals surface area contributed by atoms with Crippen LogP contribution in [0.5, 0.6) is 0 Å². The minimum atomic E-state index is -0.512. The minimum Gasteiger partial charge on any atom is -0.364 e. The molecule has 2 N–H and O–H groups in total. The Balaban J connectivity index is 1.25. The van der Waals surface area contributed by atoms with Crippen LogP contribution in [0.4, 0.5) is 0 Å². The number of likely N-dealkylation sites (tertiary alicyclic amines) is 1. The molecule has 1 saturated heterocycles. The Morgan fingerprint density at radius 2 is 1.97 bits per heavy atom. The highest BCUT2D eigenvalue weighted by atomic mass is 16.1. The number of nitrogens with zero attached hydrogens (tertiary/aromatic N) is 4. The largest absolute Gasteiger partial charge is 0.364 e. The Bertz CT molecular complexity index is 1350. The maximum atomic E-state index is 11.5. The van der Waals surface area contributed by atoms with Crippen LogP contribution < -0.4 is 5.73 Å². The molecule has 1 aliphatic carbocycles. The number of primary amides is 1. The van der Waals surface area contributed by atoms with E-state index in [4.69, 9.17) is 5.73 Å². The minimum absolute atomic E-state index is 0.282. The van der Waals surface area contributed by atoms with Gasteiger partial charge in [-0.25, -0.2) is 4.68 Å². The van der Waals surface area contributed by atoms with Gasteiger partial charge < -0.3 is 15.2 Å². The summed E-state index contributed by atoms with van der Waals surface area (Å²) in [4.78, 5) is 13.9. The average Bonchev–Trinajstić information content (AvgIpc) is 3.09. The van der Waals surface area contributed by atoms with Gasteiger partial charge in [0.1, 0.15) is 0 Å². The summed E-state index contributed by atoms with van der Waals surface area (Å²) in [5, 5.41) is 5.49. The summed E-state index contributed by atoms with van der Waals surface area (Å²) in [6.07, 6.45) is 3.48. The zero-order chi connectivity index (χ0) is 22.0. The highest BCUT2D eigenvalue weighted by Crippen LogP contribution is 2.58. The molecule has 0 unspecified atom stereocenters. The van der Waals surface area contributed by atoms with Crippen molar-refractivity contribution in [2.24, 2.45) is 11.7 Å². The molecule has 2 atom stereocenters. The van der Waals surface area contributed by atoms with Crippen LogP contribution in [0.1, 0.15) is 33.7 Å². The fourth-order valence-corrected chi connectivity index (χ4v) is 5.63. The zero-order valence-corrected chi connectivity index (χ0v) is 18.5.